The molecule has 0 heterocycles. The average molecular weight is 602 g/mol. The van der Waals surface area contributed by atoms with Gasteiger partial charge in [0.2, 0.25) is 0 Å². The molecule has 2 unspecified atom stereocenters. The van der Waals surface area contributed by atoms with Gasteiger partial charge in [-0.3, -0.25) is 0 Å². The maximum atomic E-state index is 6.37. The summed E-state index contributed by atoms with van der Waals surface area (Å²) in [5.74, 6) is 0.615. The molecule has 0 aromatic heterocycles. The minimum atomic E-state index is -1.98. The minimum Gasteiger partial charge on any atom is -1.00 e. The van der Waals surface area contributed by atoms with Crippen LogP contribution < -0.4 is 24.8 Å². The summed E-state index contributed by atoms with van der Waals surface area (Å²) in [6.45, 7) is 14.6. The molecule has 0 aliphatic heterocycles. The normalized spacial score (nSPS) is 19.0. The van der Waals surface area contributed by atoms with Gasteiger partial charge in [0.25, 0.3) is 0 Å². The van der Waals surface area contributed by atoms with E-state index in [0.29, 0.717) is 19.6 Å². The van der Waals surface area contributed by atoms with Crippen molar-refractivity contribution in [2.24, 2.45) is 5.92 Å². The molecule has 0 nitrogen and oxygen atoms in total. The first-order valence-electron chi connectivity index (χ1n) is 10.5. The second-order valence-electron chi connectivity index (χ2n) is 8.79. The maximum absolute atomic E-state index is 6.37. The number of fused-ring (bicyclic) bond motifs is 1. The van der Waals surface area contributed by atoms with E-state index in [4.69, 9.17) is 23.2 Å². The summed E-state index contributed by atoms with van der Waals surface area (Å²) in [4.78, 5) is 0. The Labute approximate surface area is 223 Å². The Balaban J connectivity index is 0.00000181. The van der Waals surface area contributed by atoms with E-state index >= 15 is 0 Å². The van der Waals surface area contributed by atoms with Crippen molar-refractivity contribution in [3.8, 4) is 0 Å². The molecule has 2 aliphatic rings. The van der Waals surface area contributed by atoms with Crippen molar-refractivity contribution in [1.82, 2.24) is 0 Å². The van der Waals surface area contributed by atoms with Crippen molar-refractivity contribution >= 4 is 34.2 Å². The van der Waals surface area contributed by atoms with Gasteiger partial charge in [-0.1, -0.05) is 0 Å². The van der Waals surface area contributed by atoms with Crippen LogP contribution in [0.15, 0.2) is 68.5 Å². The van der Waals surface area contributed by atoms with Crippen molar-refractivity contribution in [1.29, 1.82) is 0 Å². The zero-order valence-corrected chi connectivity index (χ0v) is 25.8. The molecule has 0 fully saturated rings. The predicted molar refractivity (Wildman–Crippen MR) is 130 cm³/mol. The predicted octanol–water partition coefficient (Wildman–Crippen LogP) is 2.62. The zero-order chi connectivity index (χ0) is 21.7. The van der Waals surface area contributed by atoms with Crippen LogP contribution >= 0.6 is 23.2 Å². The summed E-state index contributed by atoms with van der Waals surface area (Å²) in [5.41, 5.74) is 9.67. The van der Waals surface area contributed by atoms with Crippen LogP contribution in [0.25, 0.3) is 5.57 Å². The van der Waals surface area contributed by atoms with Crippen LogP contribution in [-0.2, 0) is 20.4 Å². The topological polar surface area (TPSA) is 0 Å². The van der Waals surface area contributed by atoms with Gasteiger partial charge in [-0.2, -0.15) is 0 Å². The average Bonchev–Trinajstić information content (AvgIpc) is 3.15. The van der Waals surface area contributed by atoms with Gasteiger partial charge in [0, 0.05) is 0 Å². The first kappa shape index (κ1) is 28.2. The van der Waals surface area contributed by atoms with E-state index in [1.165, 1.54) is 22.3 Å². The SMILES string of the molecule is CC1=C(C)C(C)[C]([Zr+2]([CH]2C=C(c3cc(Cl)cc(Cl)c3)c3ccccc32)=[Si](C)C)=C1C.[Cl-].[Cl-]. The van der Waals surface area contributed by atoms with Crippen LogP contribution in [0.5, 0.6) is 0 Å². The Kier molecular flexibility index (Phi) is 9.77. The van der Waals surface area contributed by atoms with E-state index in [9.17, 15) is 0 Å². The van der Waals surface area contributed by atoms with Gasteiger partial charge in [-0.15, -0.1) is 0 Å². The third-order valence-electron chi connectivity index (χ3n) is 6.87. The third kappa shape index (κ3) is 4.98. The Hall–Kier alpha value is -0.0800. The third-order valence-corrected chi connectivity index (χ3v) is 25.9. The number of allylic oxidation sites excluding steroid dienone is 5. The van der Waals surface area contributed by atoms with Gasteiger partial charge in [0.15, 0.2) is 0 Å². The van der Waals surface area contributed by atoms with Crippen molar-refractivity contribution in [2.45, 2.75) is 44.4 Å². The van der Waals surface area contributed by atoms with E-state index < -0.39 is 25.8 Å². The second kappa shape index (κ2) is 11.1. The van der Waals surface area contributed by atoms with Crippen molar-refractivity contribution < 1.29 is 45.2 Å². The van der Waals surface area contributed by atoms with Gasteiger partial charge in [0.1, 0.15) is 0 Å². The van der Waals surface area contributed by atoms with Gasteiger partial charge < -0.3 is 24.8 Å². The smallest absolute Gasteiger partial charge is 1.00 e. The zero-order valence-electron chi connectivity index (χ0n) is 19.3. The largest absolute Gasteiger partial charge is 1.00 e. The summed E-state index contributed by atoms with van der Waals surface area (Å²) < 4.78 is 2.44. The standard InChI is InChI=1S/C15H9Cl2.C9H13.C2H6Si.2ClH.Zr/c16-12-7-11(8-13(17)9-12)15-6-5-10-3-1-2-4-14(10)15;1-6-5-7(2)9(4)8(6)3;1-3-2;;;/h1-9H;6H,1-4H3;1-2H3;2*1H;/q;;;;;+2/p-2. The van der Waals surface area contributed by atoms with Crippen LogP contribution in [-0.4, -0.2) is 5.43 Å². The Morgan fingerprint density at radius 1 is 0.875 bits per heavy atom. The Bertz CT molecular complexity index is 1170. The maximum Gasteiger partial charge on any atom is -1.00 e. The number of hydrogen-bond acceptors (Lipinski definition) is 0. The van der Waals surface area contributed by atoms with E-state index in [0.717, 1.165) is 5.56 Å². The monoisotopic (exact) mass is 598 g/mol. The molecule has 0 bridgehead atoms. The first-order valence-corrected chi connectivity index (χ1v) is 20.1. The van der Waals surface area contributed by atoms with Crippen molar-refractivity contribution in [3.63, 3.8) is 0 Å². The van der Waals surface area contributed by atoms with E-state index in [1.807, 2.05) is 9.35 Å². The molecule has 6 heteroatoms. The summed E-state index contributed by atoms with van der Waals surface area (Å²) >= 11 is 10.8. The molecule has 0 N–H and O–H groups in total. The van der Waals surface area contributed by atoms with Crippen LogP contribution in [0.4, 0.5) is 0 Å². The molecular formula is C26H28Cl4SiZr. The fraction of sp³-hybridized carbons (Fsp3) is 0.308. The fourth-order valence-corrected chi connectivity index (χ4v) is 25.3. The van der Waals surface area contributed by atoms with Crippen LogP contribution in [0.2, 0.25) is 23.1 Å². The summed E-state index contributed by atoms with van der Waals surface area (Å²) in [6, 6.07) is 14.9. The van der Waals surface area contributed by atoms with Gasteiger partial charge in [-0.25, -0.2) is 0 Å². The van der Waals surface area contributed by atoms with Gasteiger partial charge in [0.05, 0.1) is 0 Å². The number of rotatable bonds is 3. The molecule has 32 heavy (non-hydrogen) atoms. The molecule has 2 aromatic rings. The van der Waals surface area contributed by atoms with E-state index in [1.54, 1.807) is 11.1 Å². The minimum absolute atomic E-state index is 0. The molecule has 4 rings (SSSR count). The molecule has 2 aromatic carbocycles. The van der Waals surface area contributed by atoms with E-state index in [2.05, 4.69) is 83.3 Å². The Morgan fingerprint density at radius 2 is 1.47 bits per heavy atom. The number of benzene rings is 2. The molecule has 2 atom stereocenters. The summed E-state index contributed by atoms with van der Waals surface area (Å²) in [5, 5.41) is 1.40. The number of hydrogen-bond donors (Lipinski definition) is 0. The van der Waals surface area contributed by atoms with Crippen LogP contribution in [0.1, 0.15) is 48.0 Å². The summed E-state index contributed by atoms with van der Waals surface area (Å²) in [7, 11) is 0. The molecule has 0 radical (unpaired) electrons. The van der Waals surface area contributed by atoms with E-state index in [-0.39, 0.29) is 24.8 Å². The molecular weight excluding hydrogens is 573 g/mol. The molecule has 2 aliphatic carbocycles. The molecule has 168 valence electrons. The quantitative estimate of drug-likeness (QED) is 0.475. The summed E-state index contributed by atoms with van der Waals surface area (Å²) in [6.07, 6.45) is 2.58. The molecule has 0 amide bonds. The Morgan fingerprint density at radius 3 is 2.00 bits per heavy atom. The molecule has 0 saturated carbocycles. The first-order chi connectivity index (χ1) is 14.2. The number of halogens is 4. The fourth-order valence-electron chi connectivity index (χ4n) is 5.11. The van der Waals surface area contributed by atoms with Crippen molar-refractivity contribution in [2.75, 3.05) is 0 Å². The van der Waals surface area contributed by atoms with Gasteiger partial charge in [-0.05, 0) is 0 Å². The molecule has 0 spiro atoms. The van der Waals surface area contributed by atoms with Gasteiger partial charge >= 0.3 is 200 Å². The second-order valence-corrected chi connectivity index (χ2v) is 27.1. The van der Waals surface area contributed by atoms with Crippen molar-refractivity contribution in [3.05, 3.63) is 95.3 Å². The van der Waals surface area contributed by atoms with Crippen LogP contribution in [0.3, 0.4) is 0 Å². The van der Waals surface area contributed by atoms with Crippen LogP contribution in [0, 0.1) is 5.92 Å². The molecule has 0 saturated heterocycles.